The van der Waals surface area contributed by atoms with Crippen LogP contribution >= 0.6 is 11.8 Å². The summed E-state index contributed by atoms with van der Waals surface area (Å²) in [5.41, 5.74) is 0. The summed E-state index contributed by atoms with van der Waals surface area (Å²) < 4.78 is 222. The highest BCUT2D eigenvalue weighted by atomic mass is 32.2. The fourth-order valence-corrected chi connectivity index (χ4v) is 2.59. The van der Waals surface area contributed by atoms with Crippen LogP contribution in [0.3, 0.4) is 0 Å². The molecule has 0 fully saturated rings. The molecule has 0 aromatic rings. The monoisotopic (exact) mass is 568 g/mol. The fourth-order valence-electron chi connectivity index (χ4n) is 1.83. The highest BCUT2D eigenvalue weighted by Crippen LogP contribution is 2.64. The van der Waals surface area contributed by atoms with Crippen LogP contribution in [0.15, 0.2) is 0 Å². The van der Waals surface area contributed by atoms with Gasteiger partial charge in [-0.15, -0.1) is 11.8 Å². The molecule has 0 radical (unpaired) electrons. The van der Waals surface area contributed by atoms with E-state index >= 15 is 0 Å². The van der Waals surface area contributed by atoms with Gasteiger partial charge in [-0.25, -0.2) is 4.79 Å². The van der Waals surface area contributed by atoms with Gasteiger partial charge in [0.1, 0.15) is 0 Å². The summed E-state index contributed by atoms with van der Waals surface area (Å²) in [4.78, 5) is 18.3. The Hall–Kier alpha value is -1.41. The van der Waals surface area contributed by atoms with E-state index in [1.807, 2.05) is 0 Å². The van der Waals surface area contributed by atoms with Crippen LogP contribution in [0.2, 0.25) is 0 Å². The van der Waals surface area contributed by atoms with E-state index in [4.69, 9.17) is 0 Å². The SMILES string of the molecule is COOC(=O)CSCCC(F)(F)C(F)(F)C(F)(F)C(F)(F)C(F)(F)C(F)(F)C(F)(F)C(F)(F)F. The van der Waals surface area contributed by atoms with Crippen LogP contribution in [-0.2, 0) is 14.6 Å². The normalized spacial score (nSPS) is 15.5. The summed E-state index contributed by atoms with van der Waals surface area (Å²) in [6.45, 7) is 0. The third kappa shape index (κ3) is 5.08. The first-order valence-corrected chi connectivity index (χ1v) is 8.89. The summed E-state index contributed by atoms with van der Waals surface area (Å²) >= 11 is -0.114. The number of halogens is 17. The first kappa shape index (κ1) is 32.6. The summed E-state index contributed by atoms with van der Waals surface area (Å²) in [5, 5.41) is 0. The van der Waals surface area contributed by atoms with E-state index < -0.39 is 71.5 Å². The van der Waals surface area contributed by atoms with Crippen LogP contribution in [0.25, 0.3) is 0 Å². The summed E-state index contributed by atoms with van der Waals surface area (Å²) in [7, 11) is 0.767. The highest BCUT2D eigenvalue weighted by Gasteiger charge is 2.95. The lowest BCUT2D eigenvalue weighted by Crippen LogP contribution is -2.74. The Kier molecular flexibility index (Phi) is 9.17. The topological polar surface area (TPSA) is 35.5 Å². The Labute approximate surface area is 180 Å². The van der Waals surface area contributed by atoms with Crippen LogP contribution in [0.5, 0.6) is 0 Å². The summed E-state index contributed by atoms with van der Waals surface area (Å²) in [6.07, 6.45) is -10.4. The lowest BCUT2D eigenvalue weighted by molar-refractivity contribution is -0.461. The molecule has 21 heteroatoms. The first-order chi connectivity index (χ1) is 14.7. The molecule has 3 nitrogen and oxygen atoms in total. The van der Waals surface area contributed by atoms with Crippen LogP contribution in [0.4, 0.5) is 74.6 Å². The van der Waals surface area contributed by atoms with Crippen molar-refractivity contribution in [2.75, 3.05) is 18.6 Å². The number of hydrogen-bond acceptors (Lipinski definition) is 4. The molecule has 0 spiro atoms. The van der Waals surface area contributed by atoms with Crippen molar-refractivity contribution in [3.63, 3.8) is 0 Å². The second-order valence-corrected chi connectivity index (χ2v) is 7.18. The molecule has 0 rings (SSSR count). The minimum Gasteiger partial charge on any atom is -0.298 e. The molecule has 0 aliphatic carbocycles. The lowest BCUT2D eigenvalue weighted by atomic mass is 9.88. The molecule has 204 valence electrons. The average Bonchev–Trinajstić information content (AvgIpc) is 2.63. The van der Waals surface area contributed by atoms with E-state index in [9.17, 15) is 79.4 Å². The zero-order valence-corrected chi connectivity index (χ0v) is 16.5. The lowest BCUT2D eigenvalue weighted by Gasteiger charge is -2.42. The molecule has 0 aromatic carbocycles. The van der Waals surface area contributed by atoms with Gasteiger partial charge in [-0.3, -0.25) is 4.89 Å². The second-order valence-electron chi connectivity index (χ2n) is 6.07. The van der Waals surface area contributed by atoms with Crippen LogP contribution in [-0.4, -0.2) is 72.2 Å². The first-order valence-electron chi connectivity index (χ1n) is 7.73. The maximum atomic E-state index is 13.5. The maximum Gasteiger partial charge on any atom is 0.460 e. The van der Waals surface area contributed by atoms with E-state index in [-0.39, 0.29) is 11.8 Å². The number of hydrogen-bond donors (Lipinski definition) is 0. The standard InChI is InChI=1S/C13H9F17O3S/c1-32-33-5(31)4-34-3-2-6(14,15)7(16,17)8(18,19)9(20,21)10(22,23)11(24,25)12(26,27)13(28,29)30/h2-4H2,1H3. The number of carbonyl (C=O) groups is 1. The van der Waals surface area contributed by atoms with Crippen molar-refractivity contribution in [1.82, 2.24) is 0 Å². The number of carbonyl (C=O) groups excluding carboxylic acids is 1. The smallest absolute Gasteiger partial charge is 0.298 e. The molecule has 0 saturated heterocycles. The molecule has 0 aromatic heterocycles. The maximum absolute atomic E-state index is 13.5. The Balaban J connectivity index is 6.13. The Bertz CT molecular complexity index is 718. The van der Waals surface area contributed by atoms with Gasteiger partial charge in [0, 0.05) is 6.42 Å². The molecule has 0 amide bonds. The second kappa shape index (κ2) is 9.57. The zero-order valence-electron chi connectivity index (χ0n) is 15.7. The number of thioether (sulfide) groups is 1. The van der Waals surface area contributed by atoms with Gasteiger partial charge in [0.2, 0.25) is 0 Å². The van der Waals surface area contributed by atoms with Crippen molar-refractivity contribution in [1.29, 1.82) is 0 Å². The molecule has 0 unspecified atom stereocenters. The fraction of sp³-hybridized carbons (Fsp3) is 0.923. The summed E-state index contributed by atoms with van der Waals surface area (Å²) in [6, 6.07) is 0. The van der Waals surface area contributed by atoms with Gasteiger partial charge in [0.05, 0.1) is 12.9 Å². The van der Waals surface area contributed by atoms with Crippen molar-refractivity contribution < 1.29 is 89.2 Å². The van der Waals surface area contributed by atoms with Gasteiger partial charge in [0.15, 0.2) is 0 Å². The molecule has 0 N–H and O–H groups in total. The Morgan fingerprint density at radius 1 is 0.618 bits per heavy atom. The van der Waals surface area contributed by atoms with Crippen LogP contribution in [0.1, 0.15) is 6.42 Å². The van der Waals surface area contributed by atoms with Gasteiger partial charge in [0.25, 0.3) is 0 Å². The molecule has 0 aliphatic rings. The van der Waals surface area contributed by atoms with E-state index in [0.29, 0.717) is 0 Å². The van der Waals surface area contributed by atoms with Crippen LogP contribution < -0.4 is 0 Å². The Morgan fingerprint density at radius 3 is 1.32 bits per heavy atom. The van der Waals surface area contributed by atoms with Gasteiger partial charge < -0.3 is 0 Å². The average molecular weight is 568 g/mol. The van der Waals surface area contributed by atoms with Crippen molar-refractivity contribution in [2.24, 2.45) is 0 Å². The number of rotatable bonds is 12. The van der Waals surface area contributed by atoms with Gasteiger partial charge in [-0.2, -0.15) is 79.5 Å². The van der Waals surface area contributed by atoms with E-state index in [1.165, 1.54) is 0 Å². The third-order valence-electron chi connectivity index (χ3n) is 3.74. The van der Waals surface area contributed by atoms with Crippen molar-refractivity contribution >= 4 is 17.7 Å². The quantitative estimate of drug-likeness (QED) is 0.121. The molecular formula is C13H9F17O3S. The van der Waals surface area contributed by atoms with Crippen LogP contribution in [0, 0.1) is 0 Å². The van der Waals surface area contributed by atoms with Gasteiger partial charge in [-0.05, 0) is 5.75 Å². The Morgan fingerprint density at radius 2 is 0.971 bits per heavy atom. The molecule has 0 atom stereocenters. The molecule has 0 bridgehead atoms. The van der Waals surface area contributed by atoms with Crippen molar-refractivity contribution in [3.8, 4) is 0 Å². The molecule has 0 saturated carbocycles. The minimum atomic E-state index is -8.65. The van der Waals surface area contributed by atoms with E-state index in [0.717, 1.165) is 7.11 Å². The van der Waals surface area contributed by atoms with Gasteiger partial charge >= 0.3 is 53.6 Å². The minimum absolute atomic E-state index is 0.114. The predicted octanol–water partition coefficient (Wildman–Crippen LogP) is 6.22. The molecular weight excluding hydrogens is 559 g/mol. The zero-order chi connectivity index (χ0) is 27.8. The van der Waals surface area contributed by atoms with Gasteiger partial charge in [-0.1, -0.05) is 0 Å². The van der Waals surface area contributed by atoms with Crippen molar-refractivity contribution in [3.05, 3.63) is 0 Å². The van der Waals surface area contributed by atoms with E-state index in [2.05, 4.69) is 9.78 Å². The molecule has 34 heavy (non-hydrogen) atoms. The molecule has 0 aliphatic heterocycles. The summed E-state index contributed by atoms with van der Waals surface area (Å²) in [5.74, 6) is -60.4. The largest absolute Gasteiger partial charge is 0.460 e. The van der Waals surface area contributed by atoms with Crippen molar-refractivity contribution in [2.45, 2.75) is 54.1 Å². The highest BCUT2D eigenvalue weighted by molar-refractivity contribution is 7.99. The molecule has 0 heterocycles. The third-order valence-corrected chi connectivity index (χ3v) is 4.68. The predicted molar refractivity (Wildman–Crippen MR) is 75.7 cm³/mol. The number of alkyl halides is 17. The van der Waals surface area contributed by atoms with E-state index in [1.54, 1.807) is 0 Å².